The third-order valence-electron chi connectivity index (χ3n) is 1.72. The molecule has 1 aromatic carbocycles. The van der Waals surface area contributed by atoms with E-state index in [1.807, 2.05) is 0 Å². The zero-order valence-electron chi connectivity index (χ0n) is 7.82. The van der Waals surface area contributed by atoms with E-state index in [-0.39, 0.29) is 5.02 Å². The standard InChI is InChI=1S/C9H10ClFN2O/c1-5-3-8(13-9(14)12-2)6(10)4-7(5)11/h3-4H,1-2H3,(H2,12,13,14). The van der Waals surface area contributed by atoms with Gasteiger partial charge in [-0.05, 0) is 24.6 Å². The molecule has 0 spiro atoms. The molecule has 0 aliphatic heterocycles. The van der Waals surface area contributed by atoms with Crippen LogP contribution < -0.4 is 10.6 Å². The summed E-state index contributed by atoms with van der Waals surface area (Å²) in [6.07, 6.45) is 0. The summed E-state index contributed by atoms with van der Waals surface area (Å²) < 4.78 is 13.0. The van der Waals surface area contributed by atoms with E-state index in [0.29, 0.717) is 11.3 Å². The van der Waals surface area contributed by atoms with E-state index in [1.165, 1.54) is 19.2 Å². The summed E-state index contributed by atoms with van der Waals surface area (Å²) in [6.45, 7) is 1.60. The van der Waals surface area contributed by atoms with E-state index in [4.69, 9.17) is 11.6 Å². The van der Waals surface area contributed by atoms with Crippen molar-refractivity contribution < 1.29 is 9.18 Å². The van der Waals surface area contributed by atoms with Gasteiger partial charge >= 0.3 is 6.03 Å². The molecule has 0 fully saturated rings. The summed E-state index contributed by atoms with van der Waals surface area (Å²) in [6, 6.07) is 2.26. The smallest absolute Gasteiger partial charge is 0.319 e. The molecule has 0 radical (unpaired) electrons. The first-order valence-electron chi connectivity index (χ1n) is 3.99. The number of benzene rings is 1. The van der Waals surface area contributed by atoms with Crippen LogP contribution in [-0.4, -0.2) is 13.1 Å². The second kappa shape index (κ2) is 4.28. The minimum Gasteiger partial charge on any atom is -0.341 e. The lowest BCUT2D eigenvalue weighted by molar-refractivity contribution is 0.254. The van der Waals surface area contributed by atoms with Gasteiger partial charge in [-0.1, -0.05) is 11.6 Å². The van der Waals surface area contributed by atoms with Gasteiger partial charge in [0.15, 0.2) is 0 Å². The van der Waals surface area contributed by atoms with Crippen LogP contribution in [0.15, 0.2) is 12.1 Å². The summed E-state index contributed by atoms with van der Waals surface area (Å²) in [4.78, 5) is 11.0. The van der Waals surface area contributed by atoms with Crippen LogP contribution in [-0.2, 0) is 0 Å². The second-order valence-electron chi connectivity index (χ2n) is 2.79. The predicted molar refractivity (Wildman–Crippen MR) is 54.2 cm³/mol. The summed E-state index contributed by atoms with van der Waals surface area (Å²) in [7, 11) is 1.49. The van der Waals surface area contributed by atoms with Crippen LogP contribution in [0.3, 0.4) is 0 Å². The molecular weight excluding hydrogens is 207 g/mol. The molecule has 2 N–H and O–H groups in total. The predicted octanol–water partition coefficient (Wildman–Crippen LogP) is 2.54. The van der Waals surface area contributed by atoms with Gasteiger partial charge in [-0.15, -0.1) is 0 Å². The summed E-state index contributed by atoms with van der Waals surface area (Å²) in [5.41, 5.74) is 0.825. The molecule has 0 aromatic heterocycles. The number of hydrogen-bond donors (Lipinski definition) is 2. The van der Waals surface area contributed by atoms with Crippen LogP contribution in [0.2, 0.25) is 5.02 Å². The van der Waals surface area contributed by atoms with Crippen molar-refractivity contribution in [3.05, 3.63) is 28.5 Å². The Morgan fingerprint density at radius 2 is 2.14 bits per heavy atom. The maximum atomic E-state index is 13.0. The van der Waals surface area contributed by atoms with E-state index >= 15 is 0 Å². The van der Waals surface area contributed by atoms with E-state index in [1.54, 1.807) is 6.92 Å². The Morgan fingerprint density at radius 3 is 2.71 bits per heavy atom. The van der Waals surface area contributed by atoms with E-state index in [0.717, 1.165) is 0 Å². The fourth-order valence-corrected chi connectivity index (χ4v) is 1.14. The van der Waals surface area contributed by atoms with Crippen LogP contribution in [0, 0.1) is 12.7 Å². The largest absolute Gasteiger partial charge is 0.341 e. The monoisotopic (exact) mass is 216 g/mol. The summed E-state index contributed by atoms with van der Waals surface area (Å²) >= 11 is 5.72. The van der Waals surface area contributed by atoms with Crippen LogP contribution >= 0.6 is 11.6 Å². The van der Waals surface area contributed by atoms with Gasteiger partial charge in [0.1, 0.15) is 5.82 Å². The van der Waals surface area contributed by atoms with Gasteiger partial charge in [0.2, 0.25) is 0 Å². The van der Waals surface area contributed by atoms with Crippen molar-refractivity contribution in [3.8, 4) is 0 Å². The Morgan fingerprint density at radius 1 is 1.50 bits per heavy atom. The zero-order chi connectivity index (χ0) is 10.7. The van der Waals surface area contributed by atoms with Gasteiger partial charge in [0.05, 0.1) is 10.7 Å². The fraction of sp³-hybridized carbons (Fsp3) is 0.222. The van der Waals surface area contributed by atoms with Crippen molar-refractivity contribution in [3.63, 3.8) is 0 Å². The highest BCUT2D eigenvalue weighted by molar-refractivity contribution is 6.33. The van der Waals surface area contributed by atoms with E-state index in [9.17, 15) is 9.18 Å². The molecule has 14 heavy (non-hydrogen) atoms. The minimum absolute atomic E-state index is 0.178. The maximum Gasteiger partial charge on any atom is 0.319 e. The molecule has 0 aliphatic rings. The van der Waals surface area contributed by atoms with Gasteiger partial charge in [-0.3, -0.25) is 0 Å². The number of rotatable bonds is 1. The zero-order valence-corrected chi connectivity index (χ0v) is 8.57. The van der Waals surface area contributed by atoms with E-state index < -0.39 is 11.8 Å². The second-order valence-corrected chi connectivity index (χ2v) is 3.19. The molecule has 0 unspecified atom stereocenters. The summed E-state index contributed by atoms with van der Waals surface area (Å²) in [5.74, 6) is -0.391. The topological polar surface area (TPSA) is 41.1 Å². The first-order chi connectivity index (χ1) is 6.54. The van der Waals surface area contributed by atoms with Crippen LogP contribution in [0.5, 0.6) is 0 Å². The highest BCUT2D eigenvalue weighted by Crippen LogP contribution is 2.24. The van der Waals surface area contributed by atoms with Crippen molar-refractivity contribution >= 4 is 23.3 Å². The third-order valence-corrected chi connectivity index (χ3v) is 2.04. The van der Waals surface area contributed by atoms with Crippen molar-refractivity contribution in [2.45, 2.75) is 6.92 Å². The molecule has 3 nitrogen and oxygen atoms in total. The number of urea groups is 1. The Labute approximate surface area is 86.3 Å². The minimum atomic E-state index is -0.391. The van der Waals surface area contributed by atoms with Gasteiger partial charge in [0, 0.05) is 7.05 Å². The average molecular weight is 217 g/mol. The molecule has 0 saturated heterocycles. The number of amides is 2. The molecule has 76 valence electrons. The molecular formula is C9H10ClFN2O. The van der Waals surface area contributed by atoms with Crippen LogP contribution in [0.4, 0.5) is 14.9 Å². The molecule has 2 amide bonds. The van der Waals surface area contributed by atoms with Crippen molar-refractivity contribution in [2.75, 3.05) is 12.4 Å². The molecule has 0 heterocycles. The Balaban J connectivity index is 2.98. The Hall–Kier alpha value is -1.29. The number of aryl methyl sites for hydroxylation is 1. The Bertz CT molecular complexity index is 368. The first kappa shape index (κ1) is 10.8. The highest BCUT2D eigenvalue weighted by Gasteiger charge is 2.07. The van der Waals surface area contributed by atoms with Crippen molar-refractivity contribution in [2.24, 2.45) is 0 Å². The lowest BCUT2D eigenvalue weighted by Crippen LogP contribution is -2.24. The van der Waals surface area contributed by atoms with Gasteiger partial charge in [0.25, 0.3) is 0 Å². The molecule has 5 heteroatoms. The summed E-state index contributed by atoms with van der Waals surface area (Å²) in [5, 5.41) is 5.03. The number of anilines is 1. The molecule has 1 aromatic rings. The van der Waals surface area contributed by atoms with Gasteiger partial charge < -0.3 is 10.6 Å². The maximum absolute atomic E-state index is 13.0. The molecule has 0 bridgehead atoms. The van der Waals surface area contributed by atoms with Gasteiger partial charge in [-0.2, -0.15) is 0 Å². The number of carbonyl (C=O) groups is 1. The van der Waals surface area contributed by atoms with Crippen molar-refractivity contribution in [1.82, 2.24) is 5.32 Å². The van der Waals surface area contributed by atoms with E-state index in [2.05, 4.69) is 10.6 Å². The lowest BCUT2D eigenvalue weighted by atomic mass is 10.2. The molecule has 0 saturated carbocycles. The molecule has 0 aliphatic carbocycles. The third kappa shape index (κ3) is 2.35. The van der Waals surface area contributed by atoms with Crippen LogP contribution in [0.1, 0.15) is 5.56 Å². The normalized spacial score (nSPS) is 9.71. The number of nitrogens with one attached hydrogen (secondary N) is 2. The van der Waals surface area contributed by atoms with Crippen molar-refractivity contribution in [1.29, 1.82) is 0 Å². The number of carbonyl (C=O) groups excluding carboxylic acids is 1. The Kier molecular flexibility index (Phi) is 3.30. The van der Waals surface area contributed by atoms with Crippen LogP contribution in [0.25, 0.3) is 0 Å². The number of hydrogen-bond acceptors (Lipinski definition) is 1. The highest BCUT2D eigenvalue weighted by atomic mass is 35.5. The average Bonchev–Trinajstić information content (AvgIpc) is 2.14. The quantitative estimate of drug-likeness (QED) is 0.744. The fourth-order valence-electron chi connectivity index (χ4n) is 0.938. The number of halogens is 2. The SMILES string of the molecule is CNC(=O)Nc1cc(C)c(F)cc1Cl. The molecule has 0 atom stereocenters. The lowest BCUT2D eigenvalue weighted by Gasteiger charge is -2.07. The first-order valence-corrected chi connectivity index (χ1v) is 4.36. The van der Waals surface area contributed by atoms with Gasteiger partial charge in [-0.25, -0.2) is 9.18 Å². The molecule has 1 rings (SSSR count).